The Bertz CT molecular complexity index is 545. The molecule has 2 aromatic rings. The number of ether oxygens (including phenoxy) is 1. The summed E-state index contributed by atoms with van der Waals surface area (Å²) < 4.78 is 5.07. The SMILES string of the molecule is COc1ccc2[nH]c(=O)c(CO)cc2c1. The number of H-pyrrole nitrogens is 1. The molecule has 0 aliphatic carbocycles. The van der Waals surface area contributed by atoms with Gasteiger partial charge in [0.1, 0.15) is 5.75 Å². The zero-order chi connectivity index (χ0) is 10.8. The molecular formula is C11H11NO3. The van der Waals surface area contributed by atoms with Gasteiger partial charge in [0.25, 0.3) is 5.56 Å². The van der Waals surface area contributed by atoms with Gasteiger partial charge in [0.05, 0.1) is 13.7 Å². The molecule has 0 aliphatic rings. The maximum atomic E-state index is 11.4. The van der Waals surface area contributed by atoms with Crippen LogP contribution in [-0.4, -0.2) is 17.2 Å². The van der Waals surface area contributed by atoms with Gasteiger partial charge in [0, 0.05) is 16.5 Å². The lowest BCUT2D eigenvalue weighted by Crippen LogP contribution is -2.11. The second-order valence-electron chi connectivity index (χ2n) is 3.23. The van der Waals surface area contributed by atoms with E-state index in [9.17, 15) is 4.79 Å². The number of aliphatic hydroxyl groups excluding tert-OH is 1. The summed E-state index contributed by atoms with van der Waals surface area (Å²) >= 11 is 0. The van der Waals surface area contributed by atoms with Gasteiger partial charge < -0.3 is 14.8 Å². The number of aromatic nitrogens is 1. The van der Waals surface area contributed by atoms with Crippen LogP contribution in [0.1, 0.15) is 5.56 Å². The molecule has 1 aromatic heterocycles. The quantitative estimate of drug-likeness (QED) is 0.769. The number of rotatable bonds is 2. The van der Waals surface area contributed by atoms with E-state index in [0.717, 1.165) is 16.7 Å². The van der Waals surface area contributed by atoms with Crippen molar-refractivity contribution in [2.75, 3.05) is 7.11 Å². The van der Waals surface area contributed by atoms with E-state index >= 15 is 0 Å². The fourth-order valence-electron chi connectivity index (χ4n) is 1.47. The number of aromatic amines is 1. The Morgan fingerprint density at radius 2 is 2.20 bits per heavy atom. The number of nitrogens with one attached hydrogen (secondary N) is 1. The second-order valence-corrected chi connectivity index (χ2v) is 3.23. The molecule has 0 radical (unpaired) electrons. The summed E-state index contributed by atoms with van der Waals surface area (Å²) in [6, 6.07) is 7.02. The highest BCUT2D eigenvalue weighted by molar-refractivity contribution is 5.80. The van der Waals surface area contributed by atoms with Crippen molar-refractivity contribution in [3.05, 3.63) is 40.2 Å². The molecule has 1 heterocycles. The van der Waals surface area contributed by atoms with E-state index in [2.05, 4.69) is 4.98 Å². The van der Waals surface area contributed by atoms with E-state index in [1.165, 1.54) is 0 Å². The number of hydrogen-bond donors (Lipinski definition) is 2. The predicted molar refractivity (Wildman–Crippen MR) is 57.0 cm³/mol. The first-order chi connectivity index (χ1) is 7.24. The predicted octanol–water partition coefficient (Wildman–Crippen LogP) is 1.03. The van der Waals surface area contributed by atoms with Crippen molar-refractivity contribution in [2.45, 2.75) is 6.61 Å². The van der Waals surface area contributed by atoms with Gasteiger partial charge in [-0.15, -0.1) is 0 Å². The molecule has 0 fully saturated rings. The highest BCUT2D eigenvalue weighted by Gasteiger charge is 2.02. The average Bonchev–Trinajstić information content (AvgIpc) is 2.27. The van der Waals surface area contributed by atoms with Gasteiger partial charge in [-0.05, 0) is 24.3 Å². The Morgan fingerprint density at radius 1 is 1.40 bits per heavy atom. The van der Waals surface area contributed by atoms with Crippen LogP contribution < -0.4 is 10.3 Å². The highest BCUT2D eigenvalue weighted by Crippen LogP contribution is 2.18. The molecular weight excluding hydrogens is 194 g/mol. The van der Waals surface area contributed by atoms with E-state index in [1.54, 1.807) is 25.3 Å². The third-order valence-corrected chi connectivity index (χ3v) is 2.30. The molecule has 0 unspecified atom stereocenters. The number of hydrogen-bond acceptors (Lipinski definition) is 3. The fraction of sp³-hybridized carbons (Fsp3) is 0.182. The van der Waals surface area contributed by atoms with Crippen LogP contribution in [0.4, 0.5) is 0 Å². The zero-order valence-electron chi connectivity index (χ0n) is 8.28. The van der Waals surface area contributed by atoms with Crippen LogP contribution in [0.3, 0.4) is 0 Å². The lowest BCUT2D eigenvalue weighted by atomic mass is 10.1. The van der Waals surface area contributed by atoms with Crippen LogP contribution in [0.25, 0.3) is 10.9 Å². The van der Waals surface area contributed by atoms with Crippen LogP contribution in [0.15, 0.2) is 29.1 Å². The van der Waals surface area contributed by atoms with Crippen molar-refractivity contribution in [3.8, 4) is 5.75 Å². The summed E-state index contributed by atoms with van der Waals surface area (Å²) in [5.41, 5.74) is 0.837. The van der Waals surface area contributed by atoms with Crippen molar-refractivity contribution < 1.29 is 9.84 Å². The number of benzene rings is 1. The third-order valence-electron chi connectivity index (χ3n) is 2.30. The first-order valence-electron chi connectivity index (χ1n) is 4.55. The van der Waals surface area contributed by atoms with Gasteiger partial charge in [-0.3, -0.25) is 4.79 Å². The van der Waals surface area contributed by atoms with Crippen LogP contribution >= 0.6 is 0 Å². The minimum absolute atomic E-state index is 0.254. The fourth-order valence-corrected chi connectivity index (χ4v) is 1.47. The summed E-state index contributed by atoms with van der Waals surface area (Å²) in [7, 11) is 1.58. The molecule has 0 atom stereocenters. The minimum Gasteiger partial charge on any atom is -0.497 e. The van der Waals surface area contributed by atoms with Crippen molar-refractivity contribution in [1.29, 1.82) is 0 Å². The Labute approximate surface area is 86.1 Å². The smallest absolute Gasteiger partial charge is 0.253 e. The average molecular weight is 205 g/mol. The van der Waals surface area contributed by atoms with Crippen LogP contribution in [0.5, 0.6) is 5.75 Å². The minimum atomic E-state index is -0.261. The molecule has 0 bridgehead atoms. The molecule has 2 rings (SSSR count). The van der Waals surface area contributed by atoms with E-state index < -0.39 is 0 Å². The summed E-state index contributed by atoms with van der Waals surface area (Å²) in [6.07, 6.45) is 0. The molecule has 0 aliphatic heterocycles. The first-order valence-corrected chi connectivity index (χ1v) is 4.55. The second kappa shape index (κ2) is 3.74. The number of pyridine rings is 1. The summed E-state index contributed by atoms with van der Waals surface area (Å²) in [6.45, 7) is -0.261. The van der Waals surface area contributed by atoms with Crippen molar-refractivity contribution in [2.24, 2.45) is 0 Å². The molecule has 15 heavy (non-hydrogen) atoms. The van der Waals surface area contributed by atoms with E-state index in [-0.39, 0.29) is 12.2 Å². The maximum Gasteiger partial charge on any atom is 0.253 e. The van der Waals surface area contributed by atoms with E-state index in [1.807, 2.05) is 6.07 Å². The molecule has 4 nitrogen and oxygen atoms in total. The first kappa shape index (κ1) is 9.73. The Balaban J connectivity index is 2.71. The van der Waals surface area contributed by atoms with Crippen molar-refractivity contribution >= 4 is 10.9 Å². The normalized spacial score (nSPS) is 10.5. The van der Waals surface area contributed by atoms with Crippen LogP contribution in [0, 0.1) is 0 Å². The lowest BCUT2D eigenvalue weighted by Gasteiger charge is -2.03. The molecule has 78 valence electrons. The molecule has 2 N–H and O–H groups in total. The van der Waals surface area contributed by atoms with Gasteiger partial charge in [0.2, 0.25) is 0 Å². The van der Waals surface area contributed by atoms with Crippen LogP contribution in [-0.2, 0) is 6.61 Å². The topological polar surface area (TPSA) is 62.3 Å². The summed E-state index contributed by atoms with van der Waals surface area (Å²) in [5.74, 6) is 0.721. The summed E-state index contributed by atoms with van der Waals surface area (Å²) in [5, 5.41) is 9.80. The van der Waals surface area contributed by atoms with Gasteiger partial charge in [-0.1, -0.05) is 0 Å². The largest absolute Gasteiger partial charge is 0.497 e. The third kappa shape index (κ3) is 1.71. The van der Waals surface area contributed by atoms with Gasteiger partial charge in [0.15, 0.2) is 0 Å². The van der Waals surface area contributed by atoms with Crippen LogP contribution in [0.2, 0.25) is 0 Å². The Kier molecular flexibility index (Phi) is 2.43. The Morgan fingerprint density at radius 3 is 2.87 bits per heavy atom. The Hall–Kier alpha value is -1.81. The number of aliphatic hydroxyl groups is 1. The molecule has 0 saturated heterocycles. The van der Waals surface area contributed by atoms with Crippen molar-refractivity contribution in [1.82, 2.24) is 4.98 Å². The molecule has 4 heteroatoms. The molecule has 0 amide bonds. The van der Waals surface area contributed by atoms with E-state index in [0.29, 0.717) is 5.56 Å². The number of fused-ring (bicyclic) bond motifs is 1. The number of methoxy groups -OCH3 is 1. The molecule has 0 spiro atoms. The standard InChI is InChI=1S/C11H11NO3/c1-15-9-2-3-10-7(5-9)4-8(6-13)11(14)12-10/h2-5,13H,6H2,1H3,(H,12,14). The van der Waals surface area contributed by atoms with Gasteiger partial charge in [-0.2, -0.15) is 0 Å². The van der Waals surface area contributed by atoms with Gasteiger partial charge in [-0.25, -0.2) is 0 Å². The van der Waals surface area contributed by atoms with E-state index in [4.69, 9.17) is 9.84 Å². The van der Waals surface area contributed by atoms with Gasteiger partial charge >= 0.3 is 0 Å². The molecule has 0 saturated carbocycles. The monoisotopic (exact) mass is 205 g/mol. The maximum absolute atomic E-state index is 11.4. The molecule has 1 aromatic carbocycles. The summed E-state index contributed by atoms with van der Waals surface area (Å²) in [4.78, 5) is 14.1. The van der Waals surface area contributed by atoms with Crippen molar-refractivity contribution in [3.63, 3.8) is 0 Å². The zero-order valence-corrected chi connectivity index (χ0v) is 8.28. The lowest BCUT2D eigenvalue weighted by molar-refractivity contribution is 0.280. The highest BCUT2D eigenvalue weighted by atomic mass is 16.5.